The standard InChI is InChI=1S/C14H25N3S/c1-4-5-8-17-10-12(2)16-13(17)15-11-14(3)7-6-9-18-14/h10H,4-9,11H2,1-3H3,(H,15,16). The average molecular weight is 267 g/mol. The summed E-state index contributed by atoms with van der Waals surface area (Å²) in [6.45, 7) is 8.76. The van der Waals surface area contributed by atoms with Gasteiger partial charge in [-0.2, -0.15) is 11.8 Å². The highest BCUT2D eigenvalue weighted by Gasteiger charge is 2.29. The topological polar surface area (TPSA) is 29.9 Å². The molecule has 1 aromatic heterocycles. The second-order valence-electron chi connectivity index (χ2n) is 5.51. The lowest BCUT2D eigenvalue weighted by atomic mass is 10.1. The van der Waals surface area contributed by atoms with Gasteiger partial charge in [0.15, 0.2) is 0 Å². The lowest BCUT2D eigenvalue weighted by molar-refractivity contribution is 0.612. The number of unbranched alkanes of at least 4 members (excludes halogenated alkanes) is 1. The molecule has 0 aliphatic carbocycles. The minimum atomic E-state index is 0.398. The molecule has 1 N–H and O–H groups in total. The zero-order chi connectivity index (χ0) is 13.0. The molecule has 2 heterocycles. The molecule has 0 amide bonds. The Morgan fingerprint density at radius 1 is 1.56 bits per heavy atom. The van der Waals surface area contributed by atoms with Crippen LogP contribution in [0.25, 0.3) is 0 Å². The summed E-state index contributed by atoms with van der Waals surface area (Å²) in [6, 6.07) is 0. The van der Waals surface area contributed by atoms with Crippen LogP contribution < -0.4 is 5.32 Å². The summed E-state index contributed by atoms with van der Waals surface area (Å²) in [4.78, 5) is 4.60. The number of nitrogens with one attached hydrogen (secondary N) is 1. The van der Waals surface area contributed by atoms with E-state index in [0.29, 0.717) is 4.75 Å². The van der Waals surface area contributed by atoms with Crippen LogP contribution in [0.15, 0.2) is 6.20 Å². The number of thioether (sulfide) groups is 1. The molecule has 0 spiro atoms. The van der Waals surface area contributed by atoms with Gasteiger partial charge >= 0.3 is 0 Å². The predicted octanol–water partition coefficient (Wildman–Crippen LogP) is 3.69. The van der Waals surface area contributed by atoms with Crippen molar-refractivity contribution in [1.82, 2.24) is 9.55 Å². The Balaban J connectivity index is 1.95. The van der Waals surface area contributed by atoms with E-state index in [1.165, 1.54) is 31.4 Å². The molecule has 1 aliphatic heterocycles. The Morgan fingerprint density at radius 2 is 2.39 bits per heavy atom. The molecule has 18 heavy (non-hydrogen) atoms. The fourth-order valence-electron chi connectivity index (χ4n) is 2.43. The summed E-state index contributed by atoms with van der Waals surface area (Å²) >= 11 is 2.09. The predicted molar refractivity (Wildman–Crippen MR) is 80.5 cm³/mol. The molecule has 1 fully saturated rings. The molecule has 1 aromatic rings. The van der Waals surface area contributed by atoms with Gasteiger partial charge in [0, 0.05) is 24.0 Å². The van der Waals surface area contributed by atoms with Crippen molar-refractivity contribution in [3.8, 4) is 0 Å². The van der Waals surface area contributed by atoms with Crippen LogP contribution in [0, 0.1) is 6.92 Å². The van der Waals surface area contributed by atoms with Gasteiger partial charge in [0.2, 0.25) is 5.95 Å². The van der Waals surface area contributed by atoms with Crippen LogP contribution in [-0.4, -0.2) is 26.6 Å². The molecular formula is C14H25N3S. The molecule has 0 aromatic carbocycles. The third kappa shape index (κ3) is 3.44. The number of anilines is 1. The van der Waals surface area contributed by atoms with Gasteiger partial charge < -0.3 is 9.88 Å². The van der Waals surface area contributed by atoms with Crippen molar-refractivity contribution in [2.24, 2.45) is 0 Å². The third-order valence-electron chi connectivity index (χ3n) is 3.57. The van der Waals surface area contributed by atoms with Crippen molar-refractivity contribution in [1.29, 1.82) is 0 Å². The Labute approximate surface area is 115 Å². The highest BCUT2D eigenvalue weighted by Crippen LogP contribution is 2.37. The van der Waals surface area contributed by atoms with E-state index in [0.717, 1.165) is 24.7 Å². The molecule has 4 heteroatoms. The van der Waals surface area contributed by atoms with Gasteiger partial charge in [-0.25, -0.2) is 4.98 Å². The van der Waals surface area contributed by atoms with Crippen molar-refractivity contribution in [2.45, 2.75) is 57.7 Å². The molecule has 2 rings (SSSR count). The van der Waals surface area contributed by atoms with E-state index in [2.05, 4.69) is 53.6 Å². The van der Waals surface area contributed by atoms with Gasteiger partial charge in [-0.3, -0.25) is 0 Å². The molecule has 1 saturated heterocycles. The molecular weight excluding hydrogens is 242 g/mol. The molecule has 1 atom stereocenters. The van der Waals surface area contributed by atoms with E-state index in [4.69, 9.17) is 0 Å². The van der Waals surface area contributed by atoms with Crippen LogP contribution in [0.5, 0.6) is 0 Å². The van der Waals surface area contributed by atoms with Gasteiger partial charge in [-0.15, -0.1) is 0 Å². The van der Waals surface area contributed by atoms with Crippen LogP contribution in [0.2, 0.25) is 0 Å². The number of aryl methyl sites for hydroxylation is 2. The van der Waals surface area contributed by atoms with Crippen molar-refractivity contribution >= 4 is 17.7 Å². The molecule has 102 valence electrons. The average Bonchev–Trinajstić information content (AvgIpc) is 2.91. The number of hydrogen-bond donors (Lipinski definition) is 1. The van der Waals surface area contributed by atoms with Gasteiger partial charge in [0.25, 0.3) is 0 Å². The molecule has 3 nitrogen and oxygen atoms in total. The summed E-state index contributed by atoms with van der Waals surface area (Å²) in [6.07, 6.45) is 7.27. The minimum Gasteiger partial charge on any atom is -0.354 e. The molecule has 0 radical (unpaired) electrons. The number of rotatable bonds is 6. The van der Waals surface area contributed by atoms with Crippen molar-refractivity contribution in [3.63, 3.8) is 0 Å². The third-order valence-corrected chi connectivity index (χ3v) is 5.11. The normalized spacial score (nSPS) is 23.5. The number of imidazole rings is 1. The summed E-state index contributed by atoms with van der Waals surface area (Å²) in [7, 11) is 0. The minimum absolute atomic E-state index is 0.398. The molecule has 1 aliphatic rings. The van der Waals surface area contributed by atoms with E-state index in [-0.39, 0.29) is 0 Å². The van der Waals surface area contributed by atoms with E-state index in [1.54, 1.807) is 0 Å². The lowest BCUT2D eigenvalue weighted by Gasteiger charge is -2.23. The Morgan fingerprint density at radius 3 is 3.06 bits per heavy atom. The van der Waals surface area contributed by atoms with E-state index >= 15 is 0 Å². The lowest BCUT2D eigenvalue weighted by Crippen LogP contribution is -2.28. The second-order valence-corrected chi connectivity index (χ2v) is 7.19. The summed E-state index contributed by atoms with van der Waals surface area (Å²) in [5.74, 6) is 2.36. The van der Waals surface area contributed by atoms with Crippen molar-refractivity contribution in [2.75, 3.05) is 17.6 Å². The fraction of sp³-hybridized carbons (Fsp3) is 0.786. The number of hydrogen-bond acceptors (Lipinski definition) is 3. The highest BCUT2D eigenvalue weighted by atomic mass is 32.2. The van der Waals surface area contributed by atoms with Crippen LogP contribution >= 0.6 is 11.8 Å². The second kappa shape index (κ2) is 6.00. The molecule has 0 bridgehead atoms. The maximum atomic E-state index is 4.60. The highest BCUT2D eigenvalue weighted by molar-refractivity contribution is 8.00. The Kier molecular flexibility index (Phi) is 4.60. The van der Waals surface area contributed by atoms with Crippen LogP contribution in [-0.2, 0) is 6.54 Å². The first kappa shape index (κ1) is 13.8. The smallest absolute Gasteiger partial charge is 0.203 e. The van der Waals surface area contributed by atoms with Crippen LogP contribution in [0.1, 0.15) is 45.2 Å². The summed E-state index contributed by atoms with van der Waals surface area (Å²) in [5.41, 5.74) is 1.11. The Hall–Kier alpha value is -0.640. The quantitative estimate of drug-likeness (QED) is 0.852. The van der Waals surface area contributed by atoms with Crippen molar-refractivity contribution < 1.29 is 0 Å². The maximum absolute atomic E-state index is 4.60. The summed E-state index contributed by atoms with van der Waals surface area (Å²) in [5, 5.41) is 3.56. The zero-order valence-electron chi connectivity index (χ0n) is 11.8. The SMILES string of the molecule is CCCCn1cc(C)nc1NCC1(C)CCCS1. The zero-order valence-corrected chi connectivity index (χ0v) is 12.6. The molecule has 0 saturated carbocycles. The summed E-state index contributed by atoms with van der Waals surface area (Å²) < 4.78 is 2.66. The first-order valence-electron chi connectivity index (χ1n) is 7.04. The fourth-order valence-corrected chi connectivity index (χ4v) is 3.67. The largest absolute Gasteiger partial charge is 0.354 e. The van der Waals surface area contributed by atoms with E-state index < -0.39 is 0 Å². The van der Waals surface area contributed by atoms with Crippen molar-refractivity contribution in [3.05, 3.63) is 11.9 Å². The van der Waals surface area contributed by atoms with Crippen LogP contribution in [0.4, 0.5) is 5.95 Å². The number of nitrogens with zero attached hydrogens (tertiary/aromatic N) is 2. The van der Waals surface area contributed by atoms with Gasteiger partial charge in [-0.05, 0) is 38.9 Å². The Bertz CT molecular complexity index is 380. The van der Waals surface area contributed by atoms with Gasteiger partial charge in [0.1, 0.15) is 0 Å². The first-order valence-corrected chi connectivity index (χ1v) is 8.03. The maximum Gasteiger partial charge on any atom is 0.203 e. The van der Waals surface area contributed by atoms with Gasteiger partial charge in [0.05, 0.1) is 5.69 Å². The number of aromatic nitrogens is 2. The van der Waals surface area contributed by atoms with E-state index in [9.17, 15) is 0 Å². The first-order chi connectivity index (χ1) is 8.63. The van der Waals surface area contributed by atoms with Gasteiger partial charge in [-0.1, -0.05) is 13.3 Å². The van der Waals surface area contributed by atoms with E-state index in [1.807, 2.05) is 0 Å². The monoisotopic (exact) mass is 267 g/mol. The van der Waals surface area contributed by atoms with Crippen LogP contribution in [0.3, 0.4) is 0 Å². The molecule has 1 unspecified atom stereocenters.